The third-order valence-corrected chi connectivity index (χ3v) is 3.44. The molecule has 1 aromatic carbocycles. The predicted molar refractivity (Wildman–Crippen MR) is 88.9 cm³/mol. The van der Waals surface area contributed by atoms with Crippen LogP contribution in [0.15, 0.2) is 27.8 Å². The fourth-order valence-electron chi connectivity index (χ4n) is 2.27. The molecular weight excluding hydrogens is 351 g/mol. The second-order valence-corrected chi connectivity index (χ2v) is 5.25. The number of nitrogens with two attached hydrogens (primary N) is 1. The second kappa shape index (κ2) is 7.59. The van der Waals surface area contributed by atoms with E-state index in [9.17, 15) is 28.9 Å². The molecular formula is C15H15FN4O6. The number of anilines is 1. The van der Waals surface area contributed by atoms with Gasteiger partial charge in [-0.1, -0.05) is 6.92 Å². The Morgan fingerprint density at radius 1 is 1.42 bits per heavy atom. The van der Waals surface area contributed by atoms with Crippen molar-refractivity contribution in [1.82, 2.24) is 9.55 Å². The molecule has 2 aromatic rings. The number of H-pyrrole nitrogens is 1. The molecule has 0 bridgehead atoms. The number of carbonyl (C=O) groups excluding carboxylic acids is 1. The predicted octanol–water partition coefficient (Wildman–Crippen LogP) is 0.838. The number of nitrogens with one attached hydrogen (secondary N) is 1. The number of hydrogen-bond acceptors (Lipinski definition) is 7. The molecule has 1 heterocycles. The van der Waals surface area contributed by atoms with Crippen LogP contribution in [0.3, 0.4) is 0 Å². The van der Waals surface area contributed by atoms with Gasteiger partial charge in [0.15, 0.2) is 12.4 Å². The van der Waals surface area contributed by atoms with Crippen LogP contribution in [-0.2, 0) is 6.54 Å². The van der Waals surface area contributed by atoms with Crippen molar-refractivity contribution in [3.63, 3.8) is 0 Å². The minimum absolute atomic E-state index is 0.179. The van der Waals surface area contributed by atoms with E-state index in [0.29, 0.717) is 6.42 Å². The van der Waals surface area contributed by atoms with Gasteiger partial charge in [-0.15, -0.1) is 0 Å². The normalized spacial score (nSPS) is 10.5. The van der Waals surface area contributed by atoms with Crippen molar-refractivity contribution in [2.45, 2.75) is 19.9 Å². The van der Waals surface area contributed by atoms with E-state index in [2.05, 4.69) is 0 Å². The van der Waals surface area contributed by atoms with Crippen LogP contribution in [0.25, 0.3) is 0 Å². The van der Waals surface area contributed by atoms with Crippen molar-refractivity contribution >= 4 is 17.3 Å². The first-order valence-corrected chi connectivity index (χ1v) is 7.48. The van der Waals surface area contributed by atoms with E-state index >= 15 is 0 Å². The Bertz CT molecular complexity index is 981. The van der Waals surface area contributed by atoms with Crippen LogP contribution in [0.5, 0.6) is 5.75 Å². The van der Waals surface area contributed by atoms with E-state index in [1.165, 1.54) is 0 Å². The maximum absolute atomic E-state index is 13.3. The number of nitrogen functional groups attached to an aromatic ring is 1. The summed E-state index contributed by atoms with van der Waals surface area (Å²) in [5, 5.41) is 10.9. The largest absolute Gasteiger partial charge is 0.478 e. The van der Waals surface area contributed by atoms with E-state index in [1.54, 1.807) is 6.92 Å². The Labute approximate surface area is 145 Å². The van der Waals surface area contributed by atoms with Gasteiger partial charge in [0.2, 0.25) is 5.78 Å². The highest BCUT2D eigenvalue weighted by molar-refractivity contribution is 6.00. The summed E-state index contributed by atoms with van der Waals surface area (Å²) in [6.45, 7) is 1.14. The van der Waals surface area contributed by atoms with Crippen molar-refractivity contribution in [2.24, 2.45) is 0 Å². The molecule has 0 amide bonds. The molecule has 138 valence electrons. The Kier molecular flexibility index (Phi) is 5.50. The minimum atomic E-state index is -0.998. The molecule has 26 heavy (non-hydrogen) atoms. The lowest BCUT2D eigenvalue weighted by Crippen LogP contribution is -2.37. The summed E-state index contributed by atoms with van der Waals surface area (Å²) in [4.78, 5) is 48.0. The van der Waals surface area contributed by atoms with Crippen LogP contribution < -0.4 is 21.7 Å². The third kappa shape index (κ3) is 3.77. The highest BCUT2D eigenvalue weighted by Gasteiger charge is 2.22. The fourth-order valence-corrected chi connectivity index (χ4v) is 2.27. The van der Waals surface area contributed by atoms with Gasteiger partial charge in [0.1, 0.15) is 17.2 Å². The summed E-state index contributed by atoms with van der Waals surface area (Å²) in [7, 11) is 0. The maximum atomic E-state index is 13.3. The van der Waals surface area contributed by atoms with Gasteiger partial charge >= 0.3 is 11.4 Å². The molecule has 10 nitrogen and oxygen atoms in total. The number of rotatable bonds is 7. The molecule has 0 radical (unpaired) electrons. The van der Waals surface area contributed by atoms with Crippen LogP contribution in [0.4, 0.5) is 15.9 Å². The van der Waals surface area contributed by atoms with E-state index in [1.807, 2.05) is 4.98 Å². The van der Waals surface area contributed by atoms with E-state index < -0.39 is 51.4 Å². The number of carbonyl (C=O) groups is 1. The molecule has 0 aliphatic carbocycles. The number of nitro groups is 1. The summed E-state index contributed by atoms with van der Waals surface area (Å²) < 4.78 is 19.3. The zero-order valence-electron chi connectivity index (χ0n) is 13.7. The standard InChI is InChI=1S/C15H15FN4O6/c1-2-5-19-13(17)12(14(22)18-15(19)23)10(21)7-26-11-6-8(16)3-4-9(11)20(24)25/h3-4,6H,2,5,7,17H2,1H3,(H,18,22,23). The molecule has 0 aliphatic rings. The molecule has 0 aliphatic heterocycles. The quantitative estimate of drug-likeness (QED) is 0.418. The first-order valence-electron chi connectivity index (χ1n) is 7.48. The minimum Gasteiger partial charge on any atom is -0.478 e. The van der Waals surface area contributed by atoms with Crippen molar-refractivity contribution in [2.75, 3.05) is 12.3 Å². The van der Waals surface area contributed by atoms with E-state index in [-0.39, 0.29) is 12.4 Å². The number of benzene rings is 1. The summed E-state index contributed by atoms with van der Waals surface area (Å²) in [6.07, 6.45) is 0.524. The molecule has 0 spiro atoms. The molecule has 1 aromatic heterocycles. The van der Waals surface area contributed by atoms with Gasteiger partial charge < -0.3 is 10.5 Å². The van der Waals surface area contributed by atoms with Gasteiger partial charge in [0, 0.05) is 18.7 Å². The van der Waals surface area contributed by atoms with E-state index in [0.717, 1.165) is 22.8 Å². The molecule has 0 fully saturated rings. The van der Waals surface area contributed by atoms with Crippen molar-refractivity contribution in [3.8, 4) is 5.75 Å². The van der Waals surface area contributed by atoms with E-state index in [4.69, 9.17) is 10.5 Å². The van der Waals surface area contributed by atoms with Crippen molar-refractivity contribution < 1.29 is 18.8 Å². The number of aromatic nitrogens is 2. The number of aromatic amines is 1. The van der Waals surface area contributed by atoms with Gasteiger partial charge in [0.05, 0.1) is 4.92 Å². The first kappa shape index (κ1) is 18.8. The SMILES string of the molecule is CCCn1c(N)c(C(=O)COc2cc(F)ccc2[N+](=O)[O-])c(=O)[nH]c1=O. The Morgan fingerprint density at radius 2 is 2.12 bits per heavy atom. The lowest BCUT2D eigenvalue weighted by Gasteiger charge is -2.11. The molecule has 2 rings (SSSR count). The number of Topliss-reactive ketones (excluding diaryl/α,β-unsaturated/α-hetero) is 1. The van der Waals surface area contributed by atoms with Crippen LogP contribution >= 0.6 is 0 Å². The molecule has 0 saturated carbocycles. The van der Waals surface area contributed by atoms with Crippen LogP contribution in [-0.4, -0.2) is 26.9 Å². The van der Waals surface area contributed by atoms with Crippen molar-refractivity contribution in [3.05, 3.63) is 60.5 Å². The van der Waals surface area contributed by atoms with Crippen molar-refractivity contribution in [1.29, 1.82) is 0 Å². The lowest BCUT2D eigenvalue weighted by atomic mass is 10.2. The van der Waals surface area contributed by atoms with Gasteiger partial charge in [0.25, 0.3) is 5.56 Å². The molecule has 11 heteroatoms. The van der Waals surface area contributed by atoms with Crippen LogP contribution in [0.1, 0.15) is 23.7 Å². The number of hydrogen-bond donors (Lipinski definition) is 2. The Balaban J connectivity index is 2.34. The third-order valence-electron chi connectivity index (χ3n) is 3.44. The zero-order chi connectivity index (χ0) is 19.4. The number of nitrogens with zero attached hydrogens (tertiary/aromatic N) is 2. The molecule has 3 N–H and O–H groups in total. The number of ether oxygens (including phenoxy) is 1. The summed E-state index contributed by atoms with van der Waals surface area (Å²) in [5.74, 6) is -2.51. The summed E-state index contributed by atoms with van der Waals surface area (Å²) in [6, 6.07) is 2.50. The fraction of sp³-hybridized carbons (Fsp3) is 0.267. The van der Waals surface area contributed by atoms with Crippen LogP contribution in [0, 0.1) is 15.9 Å². The number of ketones is 1. The smallest absolute Gasteiger partial charge is 0.329 e. The topological polar surface area (TPSA) is 150 Å². The van der Waals surface area contributed by atoms with Gasteiger partial charge in [-0.2, -0.15) is 0 Å². The second-order valence-electron chi connectivity index (χ2n) is 5.25. The Hall–Kier alpha value is -3.50. The average molecular weight is 366 g/mol. The lowest BCUT2D eigenvalue weighted by molar-refractivity contribution is -0.385. The summed E-state index contributed by atoms with van der Waals surface area (Å²) >= 11 is 0. The maximum Gasteiger partial charge on any atom is 0.329 e. The van der Waals surface area contributed by atoms with Crippen LogP contribution in [0.2, 0.25) is 0 Å². The number of nitro benzene ring substituents is 1. The van der Waals surface area contributed by atoms with Gasteiger partial charge in [-0.25, -0.2) is 9.18 Å². The Morgan fingerprint density at radius 3 is 2.73 bits per heavy atom. The molecule has 0 atom stereocenters. The zero-order valence-corrected chi connectivity index (χ0v) is 13.7. The van der Waals surface area contributed by atoms with Gasteiger partial charge in [-0.05, 0) is 12.5 Å². The highest BCUT2D eigenvalue weighted by atomic mass is 19.1. The monoisotopic (exact) mass is 366 g/mol. The molecule has 0 unspecified atom stereocenters. The summed E-state index contributed by atoms with van der Waals surface area (Å²) in [5.41, 5.74) is 2.94. The highest BCUT2D eigenvalue weighted by Crippen LogP contribution is 2.27. The number of halogens is 1. The average Bonchev–Trinajstić information content (AvgIpc) is 2.56. The molecule has 0 saturated heterocycles. The van der Waals surface area contributed by atoms with Gasteiger partial charge in [-0.3, -0.25) is 29.3 Å². The first-order chi connectivity index (χ1) is 12.3.